The highest BCUT2D eigenvalue weighted by Gasteiger charge is 2.30. The molecule has 4 rings (SSSR count). The number of hydrogen-bond donors (Lipinski definition) is 1. The SMILES string of the molecule is COC(=O)c1c(NC(=O)CN(c2ccc(F)cc2)S(=O)(=O)c2ccccc2)sc2c1CCC2. The molecule has 1 aromatic heterocycles. The molecule has 0 saturated carbocycles. The molecule has 0 aliphatic heterocycles. The van der Waals surface area contributed by atoms with Gasteiger partial charge in [-0.15, -0.1) is 11.3 Å². The van der Waals surface area contributed by atoms with Crippen molar-refractivity contribution in [1.29, 1.82) is 0 Å². The summed E-state index contributed by atoms with van der Waals surface area (Å²) in [5.41, 5.74) is 1.33. The smallest absolute Gasteiger partial charge is 0.341 e. The molecule has 0 unspecified atom stereocenters. The number of hydrogen-bond acceptors (Lipinski definition) is 6. The van der Waals surface area contributed by atoms with Crippen molar-refractivity contribution in [3.05, 3.63) is 76.4 Å². The van der Waals surface area contributed by atoms with Gasteiger partial charge in [-0.05, 0) is 61.2 Å². The lowest BCUT2D eigenvalue weighted by Crippen LogP contribution is -2.38. The summed E-state index contributed by atoms with van der Waals surface area (Å²) in [6.45, 7) is -0.563. The van der Waals surface area contributed by atoms with Crippen molar-refractivity contribution >= 4 is 43.9 Å². The fourth-order valence-electron chi connectivity index (χ4n) is 3.75. The number of amides is 1. The van der Waals surface area contributed by atoms with Crippen molar-refractivity contribution in [2.45, 2.75) is 24.2 Å². The van der Waals surface area contributed by atoms with Crippen LogP contribution in [0.4, 0.5) is 15.1 Å². The third-order valence-electron chi connectivity index (χ3n) is 5.30. The number of rotatable bonds is 7. The van der Waals surface area contributed by atoms with Crippen molar-refractivity contribution in [2.24, 2.45) is 0 Å². The van der Waals surface area contributed by atoms with Gasteiger partial charge in [0.05, 0.1) is 23.3 Å². The molecule has 0 bridgehead atoms. The second-order valence-electron chi connectivity index (χ2n) is 7.40. The molecule has 0 saturated heterocycles. The minimum absolute atomic E-state index is 0.00697. The van der Waals surface area contributed by atoms with Crippen LogP contribution in [-0.4, -0.2) is 33.9 Å². The molecular formula is C23H21FN2O5S2. The third-order valence-corrected chi connectivity index (χ3v) is 8.29. The number of thiophene rings is 1. The average Bonchev–Trinajstić information content (AvgIpc) is 3.39. The summed E-state index contributed by atoms with van der Waals surface area (Å²) in [5, 5.41) is 3.03. The number of fused-ring (bicyclic) bond motifs is 1. The maximum atomic E-state index is 13.5. The van der Waals surface area contributed by atoms with Crippen LogP contribution >= 0.6 is 11.3 Å². The Morgan fingerprint density at radius 3 is 2.45 bits per heavy atom. The molecule has 0 atom stereocenters. The number of carbonyl (C=O) groups is 2. The third kappa shape index (κ3) is 4.62. The zero-order chi connectivity index (χ0) is 23.6. The van der Waals surface area contributed by atoms with E-state index in [0.29, 0.717) is 10.6 Å². The molecular weight excluding hydrogens is 467 g/mol. The van der Waals surface area contributed by atoms with Gasteiger partial charge in [-0.2, -0.15) is 0 Å². The number of anilines is 2. The van der Waals surface area contributed by atoms with Crippen LogP contribution in [-0.2, 0) is 32.4 Å². The van der Waals surface area contributed by atoms with Gasteiger partial charge in [-0.1, -0.05) is 18.2 Å². The number of esters is 1. The first kappa shape index (κ1) is 22.9. The van der Waals surface area contributed by atoms with E-state index in [1.165, 1.54) is 42.7 Å². The van der Waals surface area contributed by atoms with E-state index >= 15 is 0 Å². The van der Waals surface area contributed by atoms with Crippen molar-refractivity contribution in [2.75, 3.05) is 23.3 Å². The van der Waals surface area contributed by atoms with Gasteiger partial charge in [-0.25, -0.2) is 17.6 Å². The lowest BCUT2D eigenvalue weighted by Gasteiger charge is -2.24. The second kappa shape index (κ2) is 9.32. The predicted octanol–water partition coefficient (Wildman–Crippen LogP) is 4.00. The monoisotopic (exact) mass is 488 g/mol. The van der Waals surface area contributed by atoms with E-state index < -0.39 is 34.3 Å². The average molecular weight is 489 g/mol. The molecule has 1 aliphatic carbocycles. The summed E-state index contributed by atoms with van der Waals surface area (Å²) in [7, 11) is -2.85. The summed E-state index contributed by atoms with van der Waals surface area (Å²) in [4.78, 5) is 26.3. The Bertz CT molecular complexity index is 1290. The summed E-state index contributed by atoms with van der Waals surface area (Å²) in [5.74, 6) is -1.71. The number of halogens is 1. The number of sulfonamides is 1. The van der Waals surface area contributed by atoms with Crippen LogP contribution in [0.2, 0.25) is 0 Å². The number of nitrogens with zero attached hydrogens (tertiary/aromatic N) is 1. The topological polar surface area (TPSA) is 92.8 Å². The van der Waals surface area contributed by atoms with Crippen molar-refractivity contribution in [3.63, 3.8) is 0 Å². The van der Waals surface area contributed by atoms with Crippen LogP contribution in [0, 0.1) is 5.82 Å². The molecule has 0 spiro atoms. The molecule has 1 N–H and O–H groups in total. The Hall–Kier alpha value is -3.24. The molecule has 1 aliphatic rings. The van der Waals surface area contributed by atoms with Gasteiger partial charge in [-0.3, -0.25) is 9.10 Å². The Morgan fingerprint density at radius 2 is 1.79 bits per heavy atom. The van der Waals surface area contributed by atoms with Crippen LogP contribution in [0.25, 0.3) is 0 Å². The fraction of sp³-hybridized carbons (Fsp3) is 0.217. The first-order chi connectivity index (χ1) is 15.8. The highest BCUT2D eigenvalue weighted by atomic mass is 32.2. The molecule has 7 nitrogen and oxygen atoms in total. The summed E-state index contributed by atoms with van der Waals surface area (Å²) >= 11 is 1.30. The highest BCUT2D eigenvalue weighted by molar-refractivity contribution is 7.92. The van der Waals surface area contributed by atoms with Crippen LogP contribution in [0.3, 0.4) is 0 Å². The number of carbonyl (C=O) groups excluding carboxylic acids is 2. The van der Waals surface area contributed by atoms with E-state index in [9.17, 15) is 22.4 Å². The Balaban J connectivity index is 1.66. The number of aryl methyl sites for hydroxylation is 1. The minimum atomic E-state index is -4.12. The van der Waals surface area contributed by atoms with E-state index in [1.807, 2.05) is 0 Å². The molecule has 1 heterocycles. The van der Waals surface area contributed by atoms with E-state index in [2.05, 4.69) is 5.32 Å². The lowest BCUT2D eigenvalue weighted by atomic mass is 10.1. The van der Waals surface area contributed by atoms with Gasteiger partial charge in [0.15, 0.2) is 0 Å². The number of methoxy groups -OCH3 is 1. The summed E-state index contributed by atoms with van der Waals surface area (Å²) in [6, 6.07) is 12.5. The van der Waals surface area contributed by atoms with Crippen LogP contribution < -0.4 is 9.62 Å². The molecule has 10 heteroatoms. The maximum Gasteiger partial charge on any atom is 0.341 e. The van der Waals surface area contributed by atoms with E-state index in [-0.39, 0.29) is 10.6 Å². The molecule has 33 heavy (non-hydrogen) atoms. The molecule has 1 amide bonds. The first-order valence-electron chi connectivity index (χ1n) is 10.2. The predicted molar refractivity (Wildman–Crippen MR) is 124 cm³/mol. The van der Waals surface area contributed by atoms with E-state index in [0.717, 1.165) is 46.1 Å². The van der Waals surface area contributed by atoms with Gasteiger partial charge < -0.3 is 10.1 Å². The molecule has 0 radical (unpaired) electrons. The summed E-state index contributed by atoms with van der Waals surface area (Å²) < 4.78 is 45.9. The van der Waals surface area contributed by atoms with Crippen molar-refractivity contribution in [1.82, 2.24) is 0 Å². The molecule has 0 fully saturated rings. The van der Waals surface area contributed by atoms with E-state index in [1.54, 1.807) is 18.2 Å². The van der Waals surface area contributed by atoms with Gasteiger partial charge in [0.25, 0.3) is 10.0 Å². The largest absolute Gasteiger partial charge is 0.465 e. The fourth-order valence-corrected chi connectivity index (χ4v) is 6.48. The quantitative estimate of drug-likeness (QED) is 0.508. The highest BCUT2D eigenvalue weighted by Crippen LogP contribution is 2.39. The number of benzene rings is 2. The van der Waals surface area contributed by atoms with Gasteiger partial charge in [0.2, 0.25) is 5.91 Å². The zero-order valence-electron chi connectivity index (χ0n) is 17.7. The van der Waals surface area contributed by atoms with Gasteiger partial charge in [0, 0.05) is 4.88 Å². The van der Waals surface area contributed by atoms with Gasteiger partial charge in [0.1, 0.15) is 17.4 Å². The van der Waals surface area contributed by atoms with Crippen LogP contribution in [0.1, 0.15) is 27.2 Å². The summed E-state index contributed by atoms with van der Waals surface area (Å²) in [6.07, 6.45) is 2.45. The van der Waals surface area contributed by atoms with Crippen molar-refractivity contribution < 1.29 is 27.1 Å². The number of ether oxygens (including phenoxy) is 1. The van der Waals surface area contributed by atoms with Crippen molar-refractivity contribution in [3.8, 4) is 0 Å². The lowest BCUT2D eigenvalue weighted by molar-refractivity contribution is -0.114. The first-order valence-corrected chi connectivity index (χ1v) is 12.4. The Kier molecular flexibility index (Phi) is 6.48. The van der Waals surface area contributed by atoms with E-state index in [4.69, 9.17) is 4.74 Å². The Labute approximate surface area is 194 Å². The molecule has 3 aromatic rings. The zero-order valence-corrected chi connectivity index (χ0v) is 19.3. The second-order valence-corrected chi connectivity index (χ2v) is 10.4. The minimum Gasteiger partial charge on any atom is -0.465 e. The Morgan fingerprint density at radius 1 is 1.09 bits per heavy atom. The van der Waals surface area contributed by atoms with Crippen LogP contribution in [0.15, 0.2) is 59.5 Å². The van der Waals surface area contributed by atoms with Crippen LogP contribution in [0.5, 0.6) is 0 Å². The normalized spacial score (nSPS) is 12.8. The van der Waals surface area contributed by atoms with Gasteiger partial charge >= 0.3 is 5.97 Å². The molecule has 2 aromatic carbocycles. The number of nitrogens with one attached hydrogen (secondary N) is 1. The molecule has 172 valence electrons. The standard InChI is InChI=1S/C23H21FN2O5S2/c1-31-23(28)21-18-8-5-9-19(18)32-22(21)25-20(27)14-26(16-12-10-15(24)11-13-16)33(29,30)17-6-3-2-4-7-17/h2-4,6-7,10-13H,5,8-9,14H2,1H3,(H,25,27). The maximum absolute atomic E-state index is 13.5.